The van der Waals surface area contributed by atoms with Crippen LogP contribution in [0, 0.1) is 5.82 Å². The Hall–Kier alpha value is -2.54. The number of nitrogens with zero attached hydrogens (tertiary/aromatic N) is 3. The lowest BCUT2D eigenvalue weighted by molar-refractivity contribution is -0.00539. The molecule has 1 N–H and O–H groups in total. The Bertz CT molecular complexity index is 858. The first-order chi connectivity index (χ1) is 13.4. The Morgan fingerprint density at radius 1 is 1.14 bits per heavy atom. The molecule has 3 heterocycles. The van der Waals surface area contributed by atoms with Crippen molar-refractivity contribution < 1.29 is 13.9 Å². The number of urea groups is 1. The number of anilines is 2. The smallest absolute Gasteiger partial charge is 0.322 e. The van der Waals surface area contributed by atoms with Gasteiger partial charge in [0.1, 0.15) is 5.82 Å². The maximum Gasteiger partial charge on any atom is 0.322 e. The normalized spacial score (nSPS) is 24.8. The van der Waals surface area contributed by atoms with Crippen molar-refractivity contribution in [1.82, 2.24) is 9.47 Å². The molecule has 7 heteroatoms. The molecule has 2 aliphatic rings. The van der Waals surface area contributed by atoms with Crippen LogP contribution in [0.15, 0.2) is 36.5 Å². The summed E-state index contributed by atoms with van der Waals surface area (Å²) in [5.41, 5.74) is 2.12. The van der Waals surface area contributed by atoms with Gasteiger partial charge in [0.25, 0.3) is 0 Å². The minimum atomic E-state index is -0.334. The molecule has 0 saturated carbocycles. The molecule has 0 unspecified atom stereocenters. The summed E-state index contributed by atoms with van der Waals surface area (Å²) in [4.78, 5) is 16.5. The molecule has 0 spiro atoms. The van der Waals surface area contributed by atoms with Gasteiger partial charge in [-0.3, -0.25) is 0 Å². The second-order valence-electron chi connectivity index (χ2n) is 7.75. The van der Waals surface area contributed by atoms with Crippen LogP contribution in [0.25, 0.3) is 0 Å². The number of nitrogens with one attached hydrogen (secondary N) is 1. The minimum Gasteiger partial charge on any atom is -0.372 e. The van der Waals surface area contributed by atoms with Gasteiger partial charge in [-0.1, -0.05) is 0 Å². The van der Waals surface area contributed by atoms with Crippen molar-refractivity contribution in [2.45, 2.75) is 45.6 Å². The Labute approximate surface area is 164 Å². The number of hydrogen-bond acceptors (Lipinski definition) is 3. The maximum atomic E-state index is 14.8. The van der Waals surface area contributed by atoms with E-state index in [0.717, 1.165) is 12.2 Å². The van der Waals surface area contributed by atoms with Crippen LogP contribution in [-0.2, 0) is 11.3 Å². The summed E-state index contributed by atoms with van der Waals surface area (Å²) in [6.45, 7) is 8.68. The van der Waals surface area contributed by atoms with Gasteiger partial charge in [0, 0.05) is 43.8 Å². The van der Waals surface area contributed by atoms with Gasteiger partial charge in [0.05, 0.1) is 23.9 Å². The third-order valence-electron chi connectivity index (χ3n) is 5.56. The highest BCUT2D eigenvalue weighted by Gasteiger charge is 2.28. The van der Waals surface area contributed by atoms with Gasteiger partial charge in [0.2, 0.25) is 0 Å². The van der Waals surface area contributed by atoms with Gasteiger partial charge in [-0.2, -0.15) is 0 Å². The lowest BCUT2D eigenvalue weighted by atomic mass is 10.1. The summed E-state index contributed by atoms with van der Waals surface area (Å²) in [7, 11) is 0. The Morgan fingerprint density at radius 3 is 2.61 bits per heavy atom. The molecule has 28 heavy (non-hydrogen) atoms. The molecule has 2 aliphatic heterocycles. The largest absolute Gasteiger partial charge is 0.372 e. The summed E-state index contributed by atoms with van der Waals surface area (Å²) in [6.07, 6.45) is 2.15. The molecule has 2 amide bonds. The number of halogens is 1. The van der Waals surface area contributed by atoms with Gasteiger partial charge < -0.3 is 24.4 Å². The standard InChI is InChI=1S/C21H27FN4O2/c1-14-12-25(13-15(2)28-14)20-7-6-17(11-18(20)22)23-21(27)26-10-9-24-8-4-5-19(24)16(26)3/h4-8,11,14-16H,9-10,12-13H2,1-3H3,(H,23,27)/t14-,15+,16-/m1/s1. The zero-order chi connectivity index (χ0) is 19.8. The van der Waals surface area contributed by atoms with E-state index in [1.807, 2.05) is 44.0 Å². The average Bonchev–Trinajstić information content (AvgIpc) is 3.11. The number of ether oxygens (including phenoxy) is 1. The molecule has 0 radical (unpaired) electrons. The summed E-state index contributed by atoms with van der Waals surface area (Å²) in [6, 6.07) is 8.69. The van der Waals surface area contributed by atoms with Gasteiger partial charge in [-0.05, 0) is 51.1 Å². The molecule has 2 aromatic rings. The van der Waals surface area contributed by atoms with E-state index in [2.05, 4.69) is 9.88 Å². The fourth-order valence-electron chi connectivity index (χ4n) is 4.27. The monoisotopic (exact) mass is 386 g/mol. The fourth-order valence-corrected chi connectivity index (χ4v) is 4.27. The van der Waals surface area contributed by atoms with Crippen molar-refractivity contribution in [1.29, 1.82) is 0 Å². The quantitative estimate of drug-likeness (QED) is 0.853. The Kier molecular flexibility index (Phi) is 5.02. The number of fused-ring (bicyclic) bond motifs is 1. The van der Waals surface area contributed by atoms with E-state index in [0.29, 0.717) is 31.0 Å². The van der Waals surface area contributed by atoms with Crippen molar-refractivity contribution in [2.75, 3.05) is 29.9 Å². The van der Waals surface area contributed by atoms with E-state index in [1.54, 1.807) is 17.0 Å². The number of hydrogen-bond donors (Lipinski definition) is 1. The molecule has 1 fully saturated rings. The van der Waals surface area contributed by atoms with Crippen LogP contribution in [0.5, 0.6) is 0 Å². The number of aromatic nitrogens is 1. The highest BCUT2D eigenvalue weighted by molar-refractivity contribution is 5.90. The second kappa shape index (κ2) is 7.47. The van der Waals surface area contributed by atoms with Gasteiger partial charge in [0.15, 0.2) is 0 Å². The first-order valence-electron chi connectivity index (χ1n) is 9.85. The molecule has 1 aromatic heterocycles. The highest BCUT2D eigenvalue weighted by atomic mass is 19.1. The average molecular weight is 386 g/mol. The summed E-state index contributed by atoms with van der Waals surface area (Å²) >= 11 is 0. The van der Waals surface area contributed by atoms with Crippen molar-refractivity contribution >= 4 is 17.4 Å². The predicted octanol–water partition coefficient (Wildman–Crippen LogP) is 3.85. The van der Waals surface area contributed by atoms with Crippen LogP contribution in [-0.4, -0.2) is 47.3 Å². The number of morpholine rings is 1. The molecule has 6 nitrogen and oxygen atoms in total. The van der Waals surface area contributed by atoms with E-state index in [9.17, 15) is 9.18 Å². The van der Waals surface area contributed by atoms with E-state index < -0.39 is 0 Å². The zero-order valence-electron chi connectivity index (χ0n) is 16.6. The van der Waals surface area contributed by atoms with Gasteiger partial charge >= 0.3 is 6.03 Å². The van der Waals surface area contributed by atoms with Crippen molar-refractivity contribution in [2.24, 2.45) is 0 Å². The summed E-state index contributed by atoms with van der Waals surface area (Å²) in [5.74, 6) is -0.334. The molecule has 150 valence electrons. The zero-order valence-corrected chi connectivity index (χ0v) is 16.6. The van der Waals surface area contributed by atoms with E-state index in [-0.39, 0.29) is 30.1 Å². The third-order valence-corrected chi connectivity index (χ3v) is 5.56. The molecule has 4 rings (SSSR count). The molecule has 3 atom stereocenters. The lowest BCUT2D eigenvalue weighted by Crippen LogP contribution is -2.45. The first-order valence-corrected chi connectivity index (χ1v) is 9.85. The number of benzene rings is 1. The van der Waals surface area contributed by atoms with Crippen molar-refractivity contribution in [3.63, 3.8) is 0 Å². The summed E-state index contributed by atoms with van der Waals surface area (Å²) in [5, 5.41) is 2.85. The number of carbonyl (C=O) groups is 1. The van der Waals surface area contributed by atoms with E-state index in [4.69, 9.17) is 4.74 Å². The van der Waals surface area contributed by atoms with Gasteiger partial charge in [-0.25, -0.2) is 9.18 Å². The third kappa shape index (κ3) is 3.58. The van der Waals surface area contributed by atoms with E-state index >= 15 is 0 Å². The molecule has 0 bridgehead atoms. The van der Waals surface area contributed by atoms with Crippen LogP contribution >= 0.6 is 0 Å². The van der Waals surface area contributed by atoms with Crippen molar-refractivity contribution in [3.05, 3.63) is 48.0 Å². The first kappa shape index (κ1) is 18.8. The number of carbonyl (C=O) groups excluding carboxylic acids is 1. The topological polar surface area (TPSA) is 49.7 Å². The Balaban J connectivity index is 1.46. The fraction of sp³-hybridized carbons (Fsp3) is 0.476. The highest BCUT2D eigenvalue weighted by Crippen LogP contribution is 2.28. The predicted molar refractivity (Wildman–Crippen MR) is 107 cm³/mol. The molecule has 0 aliphatic carbocycles. The van der Waals surface area contributed by atoms with E-state index in [1.165, 1.54) is 6.07 Å². The van der Waals surface area contributed by atoms with Crippen LogP contribution in [0.2, 0.25) is 0 Å². The number of rotatable bonds is 2. The van der Waals surface area contributed by atoms with Crippen LogP contribution in [0.3, 0.4) is 0 Å². The molecule has 1 aromatic carbocycles. The number of amides is 2. The second-order valence-corrected chi connectivity index (χ2v) is 7.75. The maximum absolute atomic E-state index is 14.8. The Morgan fingerprint density at radius 2 is 1.89 bits per heavy atom. The SMILES string of the molecule is C[C@@H]1CN(c2ccc(NC(=O)N3CCn4cccc4[C@H]3C)cc2F)C[C@H](C)O1. The molecular formula is C21H27FN4O2. The molecular weight excluding hydrogens is 359 g/mol. The van der Waals surface area contributed by atoms with Crippen molar-refractivity contribution in [3.8, 4) is 0 Å². The minimum absolute atomic E-state index is 0.0239. The van der Waals surface area contributed by atoms with Gasteiger partial charge in [-0.15, -0.1) is 0 Å². The molecule has 1 saturated heterocycles. The van der Waals surface area contributed by atoms with Crippen LogP contribution in [0.4, 0.5) is 20.6 Å². The lowest BCUT2D eigenvalue weighted by Gasteiger charge is -2.37. The summed E-state index contributed by atoms with van der Waals surface area (Å²) < 4.78 is 22.6. The van der Waals surface area contributed by atoms with Crippen LogP contribution < -0.4 is 10.2 Å². The van der Waals surface area contributed by atoms with Crippen LogP contribution in [0.1, 0.15) is 32.5 Å².